The smallest absolute Gasteiger partial charge is 0.151 e. The Labute approximate surface area is 92.3 Å². The maximum Gasteiger partial charge on any atom is 0.151 e. The van der Waals surface area contributed by atoms with Crippen LogP contribution in [0.15, 0.2) is 18.2 Å². The average Bonchev–Trinajstić information content (AvgIpc) is 2.64. The normalized spacial score (nSPS) is 10.8. The van der Waals surface area contributed by atoms with Gasteiger partial charge >= 0.3 is 0 Å². The van der Waals surface area contributed by atoms with Gasteiger partial charge in [0.1, 0.15) is 11.4 Å². The Balaban J connectivity index is 2.59. The Morgan fingerprint density at radius 3 is 2.75 bits per heavy atom. The zero-order chi connectivity index (χ0) is 11.7. The molecule has 1 heterocycles. The van der Waals surface area contributed by atoms with Crippen LogP contribution in [0.25, 0.3) is 5.69 Å². The van der Waals surface area contributed by atoms with Gasteiger partial charge in [-0.05, 0) is 25.5 Å². The highest BCUT2D eigenvalue weighted by Crippen LogP contribution is 2.18. The molecular weight excluding hydrogens is 209 g/mol. The first kappa shape index (κ1) is 10.8. The van der Waals surface area contributed by atoms with Gasteiger partial charge in [0.2, 0.25) is 0 Å². The molecule has 0 saturated carbocycles. The van der Waals surface area contributed by atoms with Crippen LogP contribution in [0, 0.1) is 19.7 Å². The minimum atomic E-state index is -0.319. The molecule has 4 nitrogen and oxygen atoms in total. The van der Waals surface area contributed by atoms with Crippen LogP contribution in [0.1, 0.15) is 17.0 Å². The molecule has 5 heteroatoms. The summed E-state index contributed by atoms with van der Waals surface area (Å²) in [6, 6.07) is 5.08. The minimum absolute atomic E-state index is 0.195. The highest BCUT2D eigenvalue weighted by atomic mass is 19.1. The Bertz CT molecular complexity index is 522. The van der Waals surface area contributed by atoms with E-state index in [4.69, 9.17) is 5.11 Å². The number of benzene rings is 1. The molecule has 0 aliphatic heterocycles. The van der Waals surface area contributed by atoms with E-state index in [0.717, 1.165) is 0 Å². The number of aryl methyl sites for hydroxylation is 1. The van der Waals surface area contributed by atoms with Crippen molar-refractivity contribution in [2.75, 3.05) is 0 Å². The lowest BCUT2D eigenvalue weighted by Crippen LogP contribution is -2.03. The van der Waals surface area contributed by atoms with E-state index >= 15 is 0 Å². The van der Waals surface area contributed by atoms with Crippen LogP contribution in [0.3, 0.4) is 0 Å². The molecule has 0 bridgehead atoms. The maximum atomic E-state index is 13.8. The number of nitrogens with zero attached hydrogens (tertiary/aromatic N) is 3. The Morgan fingerprint density at radius 1 is 1.38 bits per heavy atom. The summed E-state index contributed by atoms with van der Waals surface area (Å²) in [5, 5.41) is 16.6. The average molecular weight is 221 g/mol. The van der Waals surface area contributed by atoms with Gasteiger partial charge in [0, 0.05) is 0 Å². The van der Waals surface area contributed by atoms with E-state index in [2.05, 4.69) is 10.3 Å². The van der Waals surface area contributed by atoms with Gasteiger partial charge in [0.15, 0.2) is 5.82 Å². The summed E-state index contributed by atoms with van der Waals surface area (Å²) in [6.07, 6.45) is 0. The van der Waals surface area contributed by atoms with E-state index in [9.17, 15) is 4.39 Å². The third kappa shape index (κ3) is 1.59. The van der Waals surface area contributed by atoms with E-state index in [1.54, 1.807) is 32.0 Å². The van der Waals surface area contributed by atoms with Crippen molar-refractivity contribution in [3.63, 3.8) is 0 Å². The summed E-state index contributed by atoms with van der Waals surface area (Å²) in [5.41, 5.74) is 2.01. The van der Waals surface area contributed by atoms with Crippen LogP contribution in [0.2, 0.25) is 0 Å². The molecule has 0 atom stereocenters. The third-order valence-corrected chi connectivity index (χ3v) is 2.54. The molecule has 0 saturated heterocycles. The van der Waals surface area contributed by atoms with Crippen LogP contribution in [-0.2, 0) is 6.61 Å². The lowest BCUT2D eigenvalue weighted by Gasteiger charge is -2.06. The number of hydrogen-bond acceptors (Lipinski definition) is 3. The van der Waals surface area contributed by atoms with Crippen LogP contribution in [0.5, 0.6) is 0 Å². The largest absolute Gasteiger partial charge is 0.390 e. The quantitative estimate of drug-likeness (QED) is 0.836. The van der Waals surface area contributed by atoms with Crippen molar-refractivity contribution >= 4 is 0 Å². The number of rotatable bonds is 2. The summed E-state index contributed by atoms with van der Waals surface area (Å²) in [6.45, 7) is 3.24. The Morgan fingerprint density at radius 2 is 2.12 bits per heavy atom. The zero-order valence-corrected chi connectivity index (χ0v) is 9.11. The van der Waals surface area contributed by atoms with Crippen LogP contribution < -0.4 is 0 Å². The number of aromatic nitrogens is 3. The summed E-state index contributed by atoms with van der Waals surface area (Å²) >= 11 is 0. The van der Waals surface area contributed by atoms with Gasteiger partial charge in [-0.1, -0.05) is 17.3 Å². The molecule has 0 aliphatic carbocycles. The monoisotopic (exact) mass is 221 g/mol. The third-order valence-electron chi connectivity index (χ3n) is 2.54. The van der Waals surface area contributed by atoms with E-state index < -0.39 is 0 Å². The molecule has 0 spiro atoms. The van der Waals surface area contributed by atoms with Gasteiger partial charge < -0.3 is 5.11 Å². The lowest BCUT2D eigenvalue weighted by molar-refractivity contribution is 0.276. The number of aliphatic hydroxyl groups excluding tert-OH is 1. The van der Waals surface area contributed by atoms with Crippen molar-refractivity contribution in [2.45, 2.75) is 20.5 Å². The fourth-order valence-corrected chi connectivity index (χ4v) is 1.53. The molecule has 2 aromatic rings. The first-order valence-electron chi connectivity index (χ1n) is 4.92. The number of halogens is 1. The molecule has 1 N–H and O–H groups in total. The topological polar surface area (TPSA) is 50.9 Å². The first-order chi connectivity index (χ1) is 7.65. The molecule has 0 fully saturated rings. The van der Waals surface area contributed by atoms with E-state index in [0.29, 0.717) is 22.6 Å². The standard InChI is InChI=1S/C11H12FN3O/c1-7-4-3-5-10(11(7)12)15-8(2)9(6-16)13-14-15/h3-5,16H,6H2,1-2H3. The molecule has 0 aliphatic rings. The first-order valence-corrected chi connectivity index (χ1v) is 4.92. The molecule has 1 aromatic heterocycles. The van der Waals surface area contributed by atoms with Crippen molar-refractivity contribution in [1.29, 1.82) is 0 Å². The molecule has 0 unspecified atom stereocenters. The predicted molar refractivity (Wildman–Crippen MR) is 56.7 cm³/mol. The fraction of sp³-hybridized carbons (Fsp3) is 0.273. The molecular formula is C11H12FN3O. The van der Waals surface area contributed by atoms with Gasteiger partial charge in [-0.2, -0.15) is 0 Å². The van der Waals surface area contributed by atoms with Gasteiger partial charge in [0.05, 0.1) is 12.3 Å². The van der Waals surface area contributed by atoms with E-state index in [1.165, 1.54) is 4.68 Å². The number of aliphatic hydroxyl groups is 1. The molecule has 16 heavy (non-hydrogen) atoms. The van der Waals surface area contributed by atoms with Crippen molar-refractivity contribution in [3.05, 3.63) is 41.0 Å². The lowest BCUT2D eigenvalue weighted by atomic mass is 10.2. The van der Waals surface area contributed by atoms with Gasteiger partial charge in [-0.3, -0.25) is 0 Å². The van der Waals surface area contributed by atoms with Crippen LogP contribution in [0.4, 0.5) is 4.39 Å². The zero-order valence-electron chi connectivity index (χ0n) is 9.11. The van der Waals surface area contributed by atoms with E-state index in [-0.39, 0.29) is 12.4 Å². The Hall–Kier alpha value is -1.75. The Kier molecular flexibility index (Phi) is 2.70. The van der Waals surface area contributed by atoms with Gasteiger partial charge in [-0.15, -0.1) is 5.10 Å². The summed E-state index contributed by atoms with van der Waals surface area (Å²) in [4.78, 5) is 0. The van der Waals surface area contributed by atoms with Gasteiger partial charge in [-0.25, -0.2) is 9.07 Å². The maximum absolute atomic E-state index is 13.8. The van der Waals surface area contributed by atoms with Crippen LogP contribution in [-0.4, -0.2) is 20.1 Å². The molecule has 84 valence electrons. The second-order valence-corrected chi connectivity index (χ2v) is 3.60. The second kappa shape index (κ2) is 4.02. The molecule has 0 amide bonds. The van der Waals surface area contributed by atoms with Crippen molar-refractivity contribution in [2.24, 2.45) is 0 Å². The highest BCUT2D eigenvalue weighted by Gasteiger charge is 2.13. The predicted octanol–water partition coefficient (Wildman–Crippen LogP) is 1.52. The van der Waals surface area contributed by atoms with Gasteiger partial charge in [0.25, 0.3) is 0 Å². The SMILES string of the molecule is Cc1cccc(-n2nnc(CO)c2C)c1F. The summed E-state index contributed by atoms with van der Waals surface area (Å²) in [7, 11) is 0. The second-order valence-electron chi connectivity index (χ2n) is 3.60. The van der Waals surface area contributed by atoms with Crippen molar-refractivity contribution < 1.29 is 9.50 Å². The summed E-state index contributed by atoms with van der Waals surface area (Å²) < 4.78 is 15.2. The van der Waals surface area contributed by atoms with Crippen molar-refractivity contribution in [1.82, 2.24) is 15.0 Å². The highest BCUT2D eigenvalue weighted by molar-refractivity contribution is 5.38. The minimum Gasteiger partial charge on any atom is -0.390 e. The van der Waals surface area contributed by atoms with Crippen LogP contribution >= 0.6 is 0 Å². The van der Waals surface area contributed by atoms with E-state index in [1.807, 2.05) is 0 Å². The van der Waals surface area contributed by atoms with Crippen molar-refractivity contribution in [3.8, 4) is 5.69 Å². The molecule has 1 aromatic carbocycles. The molecule has 2 rings (SSSR count). The fourth-order valence-electron chi connectivity index (χ4n) is 1.53. The summed E-state index contributed by atoms with van der Waals surface area (Å²) in [5.74, 6) is -0.319. The molecule has 0 radical (unpaired) electrons. The number of hydrogen-bond donors (Lipinski definition) is 1.